The summed E-state index contributed by atoms with van der Waals surface area (Å²) in [6.45, 7) is 3.63. The highest BCUT2D eigenvalue weighted by Gasteiger charge is 2.50. The fraction of sp³-hybridized carbons (Fsp3) is 0.364. The third kappa shape index (κ3) is 8.04. The van der Waals surface area contributed by atoms with E-state index < -0.39 is 67.1 Å². The van der Waals surface area contributed by atoms with Crippen molar-refractivity contribution in [2.45, 2.75) is 63.4 Å². The Kier molecular flexibility index (Phi) is 11.6. The van der Waals surface area contributed by atoms with Crippen molar-refractivity contribution >= 4 is 34.8 Å². The Balaban J connectivity index is 1.09. The maximum absolute atomic E-state index is 13.5. The molecule has 8 rings (SSSR count). The molecule has 0 amide bonds. The number of phenols is 1. The molecule has 3 aromatic carbocycles. The number of aliphatic imine (C=N–C) groups is 1. The lowest BCUT2D eigenvalue weighted by Gasteiger charge is -2.43. The number of aromatic hydroxyl groups is 1. The molecule has 60 heavy (non-hydrogen) atoms. The summed E-state index contributed by atoms with van der Waals surface area (Å²) in [5.74, 6) is -4.54. The number of esters is 1. The summed E-state index contributed by atoms with van der Waals surface area (Å²) in [6.07, 6.45) is -1.70. The lowest BCUT2D eigenvalue weighted by atomic mass is 9.83. The molecular formula is C44H45N3O13. The van der Waals surface area contributed by atoms with E-state index in [1.54, 1.807) is 23.4 Å². The molecule has 2 fully saturated rings. The molecule has 4 aromatic rings. The van der Waals surface area contributed by atoms with Gasteiger partial charge in [0, 0.05) is 36.1 Å². The number of carboxylic acid groups (broad SMARTS) is 1. The number of ether oxygens (including phenoxy) is 3. The smallest absolute Gasteiger partial charge is 0.322 e. The summed E-state index contributed by atoms with van der Waals surface area (Å²) >= 11 is 0. The van der Waals surface area contributed by atoms with Crippen LogP contribution in [0.2, 0.25) is 0 Å². The van der Waals surface area contributed by atoms with Gasteiger partial charge in [0.15, 0.2) is 17.5 Å². The minimum Gasteiger partial charge on any atom is -0.508 e. The van der Waals surface area contributed by atoms with Crippen LogP contribution in [0.25, 0.3) is 27.8 Å². The molecule has 4 aliphatic heterocycles. The third-order valence-electron chi connectivity index (χ3n) is 11.3. The highest BCUT2D eigenvalue weighted by atomic mass is 16.8. The summed E-state index contributed by atoms with van der Waals surface area (Å²) in [5, 5.41) is 57.8. The van der Waals surface area contributed by atoms with E-state index in [-0.39, 0.29) is 46.6 Å². The summed E-state index contributed by atoms with van der Waals surface area (Å²) in [6, 6.07) is 15.7. The van der Waals surface area contributed by atoms with Crippen LogP contribution >= 0.6 is 0 Å². The predicted molar refractivity (Wildman–Crippen MR) is 216 cm³/mol. The molecule has 16 nitrogen and oxygen atoms in total. The molecule has 0 aliphatic carbocycles. The molecule has 2 saturated heterocycles. The van der Waals surface area contributed by atoms with Crippen LogP contribution in [0, 0.1) is 25.7 Å². The fourth-order valence-corrected chi connectivity index (χ4v) is 8.32. The molecular weight excluding hydrogens is 778 g/mol. The second kappa shape index (κ2) is 17.0. The molecule has 0 unspecified atom stereocenters. The number of fused-ring (bicyclic) bond motifs is 2. The minimum atomic E-state index is -1.71. The van der Waals surface area contributed by atoms with E-state index >= 15 is 0 Å². The number of piperidine rings is 1. The van der Waals surface area contributed by atoms with E-state index in [1.807, 2.05) is 38.1 Å². The van der Waals surface area contributed by atoms with Gasteiger partial charge in [0.1, 0.15) is 48.3 Å². The SMILES string of the molecule is Cc1cc(C)cc(C2=C3N=CC=C3CN2O[C@@H]2[C@@H](Oc3ccc4c(=O)c(-c5ccc(O)cc5)coc4c3)O[C@@H](COC(=O)[C@H](C(=O)O)[C@H]3NCCC[C@@H]3CO)[C@H](O)[C@H]2O)c1. The van der Waals surface area contributed by atoms with Crippen molar-refractivity contribution in [1.29, 1.82) is 0 Å². The summed E-state index contributed by atoms with van der Waals surface area (Å²) in [5.41, 5.74) is 5.60. The molecule has 0 bridgehead atoms. The van der Waals surface area contributed by atoms with Gasteiger partial charge < -0.3 is 49.5 Å². The van der Waals surface area contributed by atoms with E-state index in [2.05, 4.69) is 10.3 Å². The topological polar surface area (TPSA) is 230 Å². The van der Waals surface area contributed by atoms with Crippen LogP contribution in [0.3, 0.4) is 0 Å². The maximum atomic E-state index is 13.5. The lowest BCUT2D eigenvalue weighted by Crippen LogP contribution is -2.62. The van der Waals surface area contributed by atoms with Gasteiger partial charge in [-0.05, 0) is 87.2 Å². The molecule has 5 heterocycles. The monoisotopic (exact) mass is 823 g/mol. The number of aryl methyl sites for hydroxylation is 2. The molecule has 0 radical (unpaired) electrons. The van der Waals surface area contributed by atoms with Gasteiger partial charge in [-0.1, -0.05) is 29.3 Å². The third-order valence-corrected chi connectivity index (χ3v) is 11.3. The molecule has 314 valence electrons. The Morgan fingerprint density at radius 3 is 2.52 bits per heavy atom. The zero-order valence-electron chi connectivity index (χ0n) is 32.8. The molecule has 8 atom stereocenters. The van der Waals surface area contributed by atoms with Gasteiger partial charge in [0.25, 0.3) is 0 Å². The van der Waals surface area contributed by atoms with Gasteiger partial charge in [0.05, 0.1) is 28.9 Å². The zero-order valence-corrected chi connectivity index (χ0v) is 32.8. The number of rotatable bonds is 12. The van der Waals surface area contributed by atoms with Crippen LogP contribution in [0.4, 0.5) is 0 Å². The Bertz CT molecular complexity index is 2420. The van der Waals surface area contributed by atoms with E-state index in [0.29, 0.717) is 36.3 Å². The second-order valence-corrected chi connectivity index (χ2v) is 15.5. The number of carbonyl (C=O) groups excluding carboxylic acids is 1. The summed E-state index contributed by atoms with van der Waals surface area (Å²) < 4.78 is 23.9. The lowest BCUT2D eigenvalue weighted by molar-refractivity contribution is -0.323. The van der Waals surface area contributed by atoms with Crippen molar-refractivity contribution in [2.75, 3.05) is 26.3 Å². The predicted octanol–water partition coefficient (Wildman–Crippen LogP) is 3.21. The van der Waals surface area contributed by atoms with Crippen molar-refractivity contribution in [3.05, 3.63) is 111 Å². The quantitative estimate of drug-likeness (QED) is 0.0891. The number of allylic oxidation sites excluding steroid dienone is 1. The summed E-state index contributed by atoms with van der Waals surface area (Å²) in [4.78, 5) is 50.4. The average molecular weight is 824 g/mol. The van der Waals surface area contributed by atoms with Crippen molar-refractivity contribution < 1.29 is 58.6 Å². The number of aliphatic carboxylic acids is 1. The van der Waals surface area contributed by atoms with Crippen LogP contribution in [0.5, 0.6) is 11.5 Å². The van der Waals surface area contributed by atoms with Gasteiger partial charge in [-0.15, -0.1) is 0 Å². The van der Waals surface area contributed by atoms with E-state index in [9.17, 15) is 39.9 Å². The first-order valence-corrected chi connectivity index (χ1v) is 19.7. The largest absolute Gasteiger partial charge is 0.508 e. The second-order valence-electron chi connectivity index (χ2n) is 15.5. The number of phenolic OH excluding ortho intramolecular Hbond substituents is 1. The zero-order chi connectivity index (χ0) is 42.2. The Hall–Kier alpha value is -5.88. The van der Waals surface area contributed by atoms with Crippen molar-refractivity contribution in [2.24, 2.45) is 16.8 Å². The normalized spacial score (nSPS) is 25.6. The molecule has 4 aliphatic rings. The van der Waals surface area contributed by atoms with E-state index in [1.165, 1.54) is 36.6 Å². The standard InChI is InChI=1S/C44H45N3O13/c1-22-14-23(2)16-27(15-22)37-36-25(11-13-46-36)18-47(37)60-41-40(52)39(51)33(21-57-43(55)34(42(53)54)35-26(19-48)4-3-12-45-35)59-44(41)58-29-9-10-30-32(17-29)56-20-31(38(30)50)24-5-7-28(49)8-6-24/h5-11,13-17,20,26,33-35,39-41,44-45,48-49,51-52H,3-4,12,18-19,21H2,1-2H3,(H,53,54)/t26-,33+,34+,35+,39+,40-,41+,44+/m1/s1. The molecule has 1 aromatic heterocycles. The number of hydrogen-bond donors (Lipinski definition) is 6. The Morgan fingerprint density at radius 2 is 1.78 bits per heavy atom. The van der Waals surface area contributed by atoms with E-state index in [0.717, 1.165) is 22.3 Å². The van der Waals surface area contributed by atoms with Gasteiger partial charge in [-0.3, -0.25) is 24.2 Å². The summed E-state index contributed by atoms with van der Waals surface area (Å²) in [7, 11) is 0. The number of nitrogens with zero attached hydrogens (tertiary/aromatic N) is 2. The Labute approximate surface area is 343 Å². The first-order chi connectivity index (χ1) is 28.9. The molecule has 0 spiro atoms. The minimum absolute atomic E-state index is 0.0460. The first-order valence-electron chi connectivity index (χ1n) is 19.7. The van der Waals surface area contributed by atoms with Gasteiger partial charge in [-0.2, -0.15) is 0 Å². The number of nitrogens with one attached hydrogen (secondary N) is 1. The molecule has 0 saturated carbocycles. The number of carbonyl (C=O) groups is 2. The van der Waals surface area contributed by atoms with Crippen LogP contribution in [-0.2, 0) is 23.9 Å². The number of benzene rings is 3. The number of aliphatic hydroxyl groups excluding tert-OH is 3. The number of carboxylic acids is 1. The van der Waals surface area contributed by atoms with Crippen LogP contribution < -0.4 is 15.5 Å². The van der Waals surface area contributed by atoms with Gasteiger partial charge in [-0.25, -0.2) is 5.06 Å². The van der Waals surface area contributed by atoms with E-state index in [4.69, 9.17) is 23.5 Å². The Morgan fingerprint density at radius 1 is 1.02 bits per heavy atom. The highest BCUT2D eigenvalue weighted by Crippen LogP contribution is 2.40. The van der Waals surface area contributed by atoms with Crippen LogP contribution in [-0.4, -0.2) is 112 Å². The molecule has 6 N–H and O–H groups in total. The fourth-order valence-electron chi connectivity index (χ4n) is 8.32. The van der Waals surface area contributed by atoms with Gasteiger partial charge in [0.2, 0.25) is 6.29 Å². The van der Waals surface area contributed by atoms with Gasteiger partial charge >= 0.3 is 11.9 Å². The van der Waals surface area contributed by atoms with Crippen molar-refractivity contribution in [1.82, 2.24) is 10.4 Å². The van der Waals surface area contributed by atoms with Crippen molar-refractivity contribution in [3.63, 3.8) is 0 Å². The molecule has 16 heteroatoms. The average Bonchev–Trinajstić information content (AvgIpc) is 3.82. The number of hydroxylamine groups is 2. The first kappa shape index (κ1) is 40.9. The van der Waals surface area contributed by atoms with Crippen LogP contribution in [0.15, 0.2) is 98.5 Å². The number of aliphatic hydroxyl groups is 3. The highest BCUT2D eigenvalue weighted by molar-refractivity contribution is 5.95. The number of hydrogen-bond acceptors (Lipinski definition) is 15. The van der Waals surface area contributed by atoms with Crippen molar-refractivity contribution in [3.8, 4) is 22.6 Å². The maximum Gasteiger partial charge on any atom is 0.322 e. The van der Waals surface area contributed by atoms with Crippen LogP contribution in [0.1, 0.15) is 29.5 Å².